The van der Waals surface area contributed by atoms with Gasteiger partial charge in [0.05, 0.1) is 0 Å². The SMILES string of the molecule is C=C(CCC)C(=C)C(=O)CC. The summed E-state index contributed by atoms with van der Waals surface area (Å²) in [7, 11) is 0. The molecule has 0 aromatic heterocycles. The molecule has 1 heteroatoms. The summed E-state index contributed by atoms with van der Waals surface area (Å²) in [5, 5.41) is 0. The molecule has 0 unspecified atom stereocenters. The van der Waals surface area contributed by atoms with E-state index in [1.54, 1.807) is 0 Å². The van der Waals surface area contributed by atoms with Gasteiger partial charge in [0.1, 0.15) is 0 Å². The predicted octanol–water partition coefficient (Wildman–Crippen LogP) is 2.88. The lowest BCUT2D eigenvalue weighted by atomic mass is 10.00. The quantitative estimate of drug-likeness (QED) is 0.437. The number of hydrogen-bond donors (Lipinski definition) is 0. The van der Waals surface area contributed by atoms with E-state index in [4.69, 9.17) is 0 Å². The van der Waals surface area contributed by atoms with Crippen LogP contribution in [0.15, 0.2) is 24.3 Å². The second-order valence-corrected chi connectivity index (χ2v) is 2.61. The number of carbonyl (C=O) groups excluding carboxylic acids is 1. The zero-order valence-electron chi connectivity index (χ0n) is 7.44. The molecule has 0 heterocycles. The molecule has 0 aliphatic rings. The standard InChI is InChI=1S/C10H16O/c1-5-7-8(3)9(4)10(11)6-2/h3-7H2,1-2H3. The molecule has 0 rings (SSSR count). The van der Waals surface area contributed by atoms with E-state index in [1.165, 1.54) is 0 Å². The highest BCUT2D eigenvalue weighted by Gasteiger charge is 2.06. The molecule has 0 aliphatic carbocycles. The lowest BCUT2D eigenvalue weighted by molar-refractivity contribution is -0.115. The molecule has 0 radical (unpaired) electrons. The zero-order valence-corrected chi connectivity index (χ0v) is 7.44. The molecule has 0 amide bonds. The second kappa shape index (κ2) is 4.89. The molecule has 0 aromatic rings. The van der Waals surface area contributed by atoms with Crippen LogP contribution in [0.3, 0.4) is 0 Å². The van der Waals surface area contributed by atoms with Gasteiger partial charge in [-0.15, -0.1) is 0 Å². The van der Waals surface area contributed by atoms with E-state index < -0.39 is 0 Å². The highest BCUT2D eigenvalue weighted by molar-refractivity contribution is 5.98. The molecular formula is C10H16O. The average molecular weight is 152 g/mol. The summed E-state index contributed by atoms with van der Waals surface area (Å²) in [5.74, 6) is 0.114. The maximum absolute atomic E-state index is 11.1. The van der Waals surface area contributed by atoms with E-state index in [-0.39, 0.29) is 5.78 Å². The van der Waals surface area contributed by atoms with Crippen LogP contribution in [-0.2, 0) is 4.79 Å². The molecule has 1 nitrogen and oxygen atoms in total. The number of allylic oxidation sites excluding steroid dienone is 2. The van der Waals surface area contributed by atoms with Crippen LogP contribution < -0.4 is 0 Å². The largest absolute Gasteiger partial charge is 0.294 e. The van der Waals surface area contributed by atoms with Gasteiger partial charge < -0.3 is 0 Å². The van der Waals surface area contributed by atoms with E-state index in [2.05, 4.69) is 20.1 Å². The van der Waals surface area contributed by atoms with Crippen LogP contribution in [0.1, 0.15) is 33.1 Å². The first-order chi connectivity index (χ1) is 5.13. The van der Waals surface area contributed by atoms with Crippen molar-refractivity contribution in [2.24, 2.45) is 0 Å². The molecule has 0 saturated heterocycles. The Morgan fingerprint density at radius 2 is 1.82 bits per heavy atom. The second-order valence-electron chi connectivity index (χ2n) is 2.61. The van der Waals surface area contributed by atoms with Crippen LogP contribution in [-0.4, -0.2) is 5.78 Å². The van der Waals surface area contributed by atoms with E-state index >= 15 is 0 Å². The Hall–Kier alpha value is -0.850. The van der Waals surface area contributed by atoms with Crippen molar-refractivity contribution in [1.82, 2.24) is 0 Å². The van der Waals surface area contributed by atoms with Gasteiger partial charge in [0.2, 0.25) is 0 Å². The molecule has 62 valence electrons. The molecule has 0 fully saturated rings. The minimum Gasteiger partial charge on any atom is -0.294 e. The smallest absolute Gasteiger partial charge is 0.162 e. The van der Waals surface area contributed by atoms with E-state index in [0.29, 0.717) is 12.0 Å². The van der Waals surface area contributed by atoms with Crippen molar-refractivity contribution in [2.75, 3.05) is 0 Å². The Balaban J connectivity index is 4.03. The predicted molar refractivity (Wildman–Crippen MR) is 48.5 cm³/mol. The van der Waals surface area contributed by atoms with Crippen LogP contribution in [0.2, 0.25) is 0 Å². The van der Waals surface area contributed by atoms with Crippen molar-refractivity contribution >= 4 is 5.78 Å². The Labute approximate surface area is 68.8 Å². The van der Waals surface area contributed by atoms with Crippen LogP contribution in [0, 0.1) is 0 Å². The Morgan fingerprint density at radius 1 is 1.27 bits per heavy atom. The third-order valence-corrected chi connectivity index (χ3v) is 1.64. The summed E-state index contributed by atoms with van der Waals surface area (Å²) in [6, 6.07) is 0. The summed E-state index contributed by atoms with van der Waals surface area (Å²) < 4.78 is 0. The molecule has 0 aliphatic heterocycles. The summed E-state index contributed by atoms with van der Waals surface area (Å²) in [5.41, 5.74) is 1.49. The first-order valence-electron chi connectivity index (χ1n) is 4.03. The van der Waals surface area contributed by atoms with Gasteiger partial charge in [0.15, 0.2) is 5.78 Å². The number of rotatable bonds is 5. The van der Waals surface area contributed by atoms with Gasteiger partial charge in [-0.05, 0) is 12.0 Å². The Bertz CT molecular complexity index is 177. The summed E-state index contributed by atoms with van der Waals surface area (Å²) in [6.45, 7) is 11.4. The number of ketones is 1. The Kier molecular flexibility index (Phi) is 4.51. The molecule has 0 N–H and O–H groups in total. The first-order valence-corrected chi connectivity index (χ1v) is 4.03. The van der Waals surface area contributed by atoms with Gasteiger partial charge in [-0.1, -0.05) is 33.4 Å². The van der Waals surface area contributed by atoms with Gasteiger partial charge in [-0.25, -0.2) is 0 Å². The molecule has 0 aromatic carbocycles. The van der Waals surface area contributed by atoms with Crippen LogP contribution in [0.5, 0.6) is 0 Å². The fourth-order valence-electron chi connectivity index (χ4n) is 0.863. The lowest BCUT2D eigenvalue weighted by Crippen LogP contribution is -2.01. The third-order valence-electron chi connectivity index (χ3n) is 1.64. The molecule has 0 atom stereocenters. The first kappa shape index (κ1) is 10.2. The lowest BCUT2D eigenvalue weighted by Gasteiger charge is -2.04. The number of hydrogen-bond acceptors (Lipinski definition) is 1. The molecule has 11 heavy (non-hydrogen) atoms. The molecule has 0 bridgehead atoms. The Morgan fingerprint density at radius 3 is 2.18 bits per heavy atom. The minimum absolute atomic E-state index is 0.114. The van der Waals surface area contributed by atoms with Crippen molar-refractivity contribution < 1.29 is 4.79 Å². The van der Waals surface area contributed by atoms with Gasteiger partial charge in [-0.2, -0.15) is 0 Å². The van der Waals surface area contributed by atoms with Crippen molar-refractivity contribution in [3.05, 3.63) is 24.3 Å². The fraction of sp³-hybridized carbons (Fsp3) is 0.500. The topological polar surface area (TPSA) is 17.1 Å². The van der Waals surface area contributed by atoms with Crippen LogP contribution >= 0.6 is 0 Å². The normalized spacial score (nSPS) is 9.27. The van der Waals surface area contributed by atoms with Crippen molar-refractivity contribution in [2.45, 2.75) is 33.1 Å². The van der Waals surface area contributed by atoms with Gasteiger partial charge in [0, 0.05) is 12.0 Å². The summed E-state index contributed by atoms with van der Waals surface area (Å²) in [4.78, 5) is 11.1. The van der Waals surface area contributed by atoms with Gasteiger partial charge in [0.25, 0.3) is 0 Å². The van der Waals surface area contributed by atoms with Gasteiger partial charge in [-0.3, -0.25) is 4.79 Å². The third kappa shape index (κ3) is 3.17. The van der Waals surface area contributed by atoms with Gasteiger partial charge >= 0.3 is 0 Å². The number of carbonyl (C=O) groups is 1. The summed E-state index contributed by atoms with van der Waals surface area (Å²) >= 11 is 0. The van der Waals surface area contributed by atoms with Crippen molar-refractivity contribution in [3.63, 3.8) is 0 Å². The maximum Gasteiger partial charge on any atom is 0.162 e. The zero-order chi connectivity index (χ0) is 8.85. The fourth-order valence-corrected chi connectivity index (χ4v) is 0.863. The minimum atomic E-state index is 0.114. The molecule has 0 spiro atoms. The number of Topliss-reactive ketones (excluding diaryl/α,β-unsaturated/α-hetero) is 1. The van der Waals surface area contributed by atoms with E-state index in [1.807, 2.05) is 6.92 Å². The van der Waals surface area contributed by atoms with Crippen LogP contribution in [0.4, 0.5) is 0 Å². The molecule has 0 saturated carbocycles. The monoisotopic (exact) mass is 152 g/mol. The van der Waals surface area contributed by atoms with E-state index in [0.717, 1.165) is 18.4 Å². The highest BCUT2D eigenvalue weighted by atomic mass is 16.1. The maximum atomic E-state index is 11.1. The van der Waals surface area contributed by atoms with Crippen molar-refractivity contribution in [3.8, 4) is 0 Å². The van der Waals surface area contributed by atoms with Crippen LogP contribution in [0.25, 0.3) is 0 Å². The molecular weight excluding hydrogens is 136 g/mol. The van der Waals surface area contributed by atoms with Crippen molar-refractivity contribution in [1.29, 1.82) is 0 Å². The van der Waals surface area contributed by atoms with E-state index in [9.17, 15) is 4.79 Å². The highest BCUT2D eigenvalue weighted by Crippen LogP contribution is 2.13. The average Bonchev–Trinajstić information content (AvgIpc) is 2.02. The summed E-state index contributed by atoms with van der Waals surface area (Å²) in [6.07, 6.45) is 2.43.